The highest BCUT2D eigenvalue weighted by Crippen LogP contribution is 2.47. The molecule has 1 saturated carbocycles. The van der Waals surface area contributed by atoms with Crippen LogP contribution in [-0.2, 0) is 6.42 Å². The van der Waals surface area contributed by atoms with Crippen LogP contribution in [0.4, 0.5) is 0 Å². The van der Waals surface area contributed by atoms with Crippen LogP contribution in [0.5, 0.6) is 5.75 Å². The van der Waals surface area contributed by atoms with E-state index >= 15 is 0 Å². The van der Waals surface area contributed by atoms with Crippen LogP contribution in [0.15, 0.2) is 18.2 Å². The molecular formula is C17H25NO. The van der Waals surface area contributed by atoms with E-state index < -0.39 is 0 Å². The van der Waals surface area contributed by atoms with Gasteiger partial charge in [0.25, 0.3) is 0 Å². The molecule has 19 heavy (non-hydrogen) atoms. The summed E-state index contributed by atoms with van der Waals surface area (Å²) in [5.74, 6) is 2.81. The van der Waals surface area contributed by atoms with Crippen molar-refractivity contribution in [2.45, 2.75) is 45.6 Å². The lowest BCUT2D eigenvalue weighted by Crippen LogP contribution is -2.24. The fraction of sp³-hybridized carbons (Fsp3) is 0.647. The predicted octanol–water partition coefficient (Wildman–Crippen LogP) is 3.71. The van der Waals surface area contributed by atoms with Gasteiger partial charge < -0.3 is 10.1 Å². The molecule has 1 aromatic carbocycles. The summed E-state index contributed by atoms with van der Waals surface area (Å²) in [7, 11) is 0. The number of benzene rings is 1. The molecule has 0 amide bonds. The zero-order valence-corrected chi connectivity index (χ0v) is 12.1. The Bertz CT molecular complexity index is 443. The molecule has 0 saturated heterocycles. The smallest absolute Gasteiger partial charge is 0.122 e. The predicted molar refractivity (Wildman–Crippen MR) is 78.6 cm³/mol. The monoisotopic (exact) mass is 259 g/mol. The van der Waals surface area contributed by atoms with E-state index in [1.165, 1.54) is 30.4 Å². The summed E-state index contributed by atoms with van der Waals surface area (Å²) >= 11 is 0. The van der Waals surface area contributed by atoms with Crippen molar-refractivity contribution < 1.29 is 4.74 Å². The lowest BCUT2D eigenvalue weighted by molar-refractivity contribution is 0.288. The normalized spacial score (nSPS) is 26.4. The van der Waals surface area contributed by atoms with Gasteiger partial charge in [-0.05, 0) is 61.3 Å². The Balaban J connectivity index is 1.81. The van der Waals surface area contributed by atoms with E-state index in [9.17, 15) is 0 Å². The highest BCUT2D eigenvalue weighted by molar-refractivity contribution is 5.40. The Morgan fingerprint density at radius 1 is 1.42 bits per heavy atom. The first-order valence-electron chi connectivity index (χ1n) is 7.78. The van der Waals surface area contributed by atoms with E-state index in [-0.39, 0.29) is 0 Å². The van der Waals surface area contributed by atoms with E-state index in [0.717, 1.165) is 37.2 Å². The van der Waals surface area contributed by atoms with Gasteiger partial charge in [0.05, 0.1) is 6.61 Å². The third-order valence-electron chi connectivity index (χ3n) is 4.51. The van der Waals surface area contributed by atoms with Crippen LogP contribution >= 0.6 is 0 Å². The number of nitrogens with one attached hydrogen (secondary N) is 1. The molecule has 1 aliphatic heterocycles. The summed E-state index contributed by atoms with van der Waals surface area (Å²) in [4.78, 5) is 0. The highest BCUT2D eigenvalue weighted by atomic mass is 16.5. The standard InChI is InChI=1S/C17H25NO/c1-3-8-18-17(15-10-12(15)2)14-6-7-16-13(11-14)5-4-9-19-16/h6-7,11-12,15,17-18H,3-5,8-10H2,1-2H3. The molecule has 1 heterocycles. The van der Waals surface area contributed by atoms with Crippen molar-refractivity contribution in [3.05, 3.63) is 29.3 Å². The zero-order chi connectivity index (χ0) is 13.2. The number of hydrogen-bond acceptors (Lipinski definition) is 2. The molecule has 0 bridgehead atoms. The number of fused-ring (bicyclic) bond motifs is 1. The first-order chi connectivity index (χ1) is 9.29. The molecule has 2 nitrogen and oxygen atoms in total. The molecule has 1 aromatic rings. The van der Waals surface area contributed by atoms with Crippen molar-refractivity contribution in [1.29, 1.82) is 0 Å². The van der Waals surface area contributed by atoms with Gasteiger partial charge in [-0.2, -0.15) is 0 Å². The van der Waals surface area contributed by atoms with Crippen molar-refractivity contribution in [3.8, 4) is 5.75 Å². The Labute approximate surface area is 116 Å². The van der Waals surface area contributed by atoms with Crippen LogP contribution < -0.4 is 10.1 Å². The minimum absolute atomic E-state index is 0.544. The van der Waals surface area contributed by atoms with E-state index in [4.69, 9.17) is 4.74 Å². The Morgan fingerprint density at radius 2 is 2.26 bits per heavy atom. The first kappa shape index (κ1) is 13.0. The van der Waals surface area contributed by atoms with E-state index in [2.05, 4.69) is 37.4 Å². The fourth-order valence-electron chi connectivity index (χ4n) is 3.21. The minimum atomic E-state index is 0.544. The summed E-state index contributed by atoms with van der Waals surface area (Å²) < 4.78 is 5.72. The van der Waals surface area contributed by atoms with Crippen molar-refractivity contribution in [2.75, 3.05) is 13.2 Å². The Kier molecular flexibility index (Phi) is 3.79. The maximum Gasteiger partial charge on any atom is 0.122 e. The molecular weight excluding hydrogens is 234 g/mol. The molecule has 2 heteroatoms. The highest BCUT2D eigenvalue weighted by Gasteiger charge is 2.40. The largest absolute Gasteiger partial charge is 0.493 e. The van der Waals surface area contributed by atoms with E-state index in [1.807, 2.05) is 0 Å². The third-order valence-corrected chi connectivity index (χ3v) is 4.51. The fourth-order valence-corrected chi connectivity index (χ4v) is 3.21. The van der Waals surface area contributed by atoms with Crippen molar-refractivity contribution >= 4 is 0 Å². The van der Waals surface area contributed by atoms with Crippen LogP contribution in [-0.4, -0.2) is 13.2 Å². The van der Waals surface area contributed by atoms with Gasteiger partial charge in [-0.3, -0.25) is 0 Å². The molecule has 1 N–H and O–H groups in total. The topological polar surface area (TPSA) is 21.3 Å². The maximum atomic E-state index is 5.72. The van der Waals surface area contributed by atoms with Crippen molar-refractivity contribution in [1.82, 2.24) is 5.32 Å². The van der Waals surface area contributed by atoms with E-state index in [1.54, 1.807) is 0 Å². The summed E-state index contributed by atoms with van der Waals surface area (Å²) in [6.45, 7) is 6.60. The zero-order valence-electron chi connectivity index (χ0n) is 12.1. The van der Waals surface area contributed by atoms with Crippen molar-refractivity contribution in [2.24, 2.45) is 11.8 Å². The molecule has 104 valence electrons. The molecule has 1 aliphatic carbocycles. The minimum Gasteiger partial charge on any atom is -0.493 e. The molecule has 2 aliphatic rings. The molecule has 3 rings (SSSR count). The molecule has 3 atom stereocenters. The summed E-state index contributed by atoms with van der Waals surface area (Å²) in [5.41, 5.74) is 2.87. The number of ether oxygens (including phenoxy) is 1. The second kappa shape index (κ2) is 5.54. The molecule has 1 fully saturated rings. The van der Waals surface area contributed by atoms with Gasteiger partial charge >= 0.3 is 0 Å². The SMILES string of the molecule is CCCNC(c1ccc2c(c1)CCCO2)C1CC1C. The van der Waals surface area contributed by atoms with Gasteiger partial charge in [0.15, 0.2) is 0 Å². The van der Waals surface area contributed by atoms with Gasteiger partial charge in [0.1, 0.15) is 5.75 Å². The number of rotatable bonds is 5. The van der Waals surface area contributed by atoms with Gasteiger partial charge in [0.2, 0.25) is 0 Å². The average Bonchev–Trinajstić information content (AvgIpc) is 3.16. The molecule has 0 radical (unpaired) electrons. The van der Waals surface area contributed by atoms with Gasteiger partial charge in [-0.1, -0.05) is 26.0 Å². The van der Waals surface area contributed by atoms with Crippen LogP contribution in [0.1, 0.15) is 50.3 Å². The van der Waals surface area contributed by atoms with Crippen molar-refractivity contribution in [3.63, 3.8) is 0 Å². The van der Waals surface area contributed by atoms with Crippen LogP contribution in [0, 0.1) is 11.8 Å². The van der Waals surface area contributed by atoms with Crippen LogP contribution in [0.2, 0.25) is 0 Å². The first-order valence-corrected chi connectivity index (χ1v) is 7.78. The van der Waals surface area contributed by atoms with Gasteiger partial charge in [-0.25, -0.2) is 0 Å². The quantitative estimate of drug-likeness (QED) is 0.870. The van der Waals surface area contributed by atoms with Gasteiger partial charge in [-0.15, -0.1) is 0 Å². The lowest BCUT2D eigenvalue weighted by atomic mass is 9.96. The molecule has 3 unspecified atom stereocenters. The molecule has 0 spiro atoms. The lowest BCUT2D eigenvalue weighted by Gasteiger charge is -2.23. The Morgan fingerprint density at radius 3 is 3.00 bits per heavy atom. The van der Waals surface area contributed by atoms with Gasteiger partial charge in [0, 0.05) is 6.04 Å². The van der Waals surface area contributed by atoms with Crippen LogP contribution in [0.3, 0.4) is 0 Å². The maximum absolute atomic E-state index is 5.72. The summed E-state index contributed by atoms with van der Waals surface area (Å²) in [6, 6.07) is 7.37. The van der Waals surface area contributed by atoms with Crippen LogP contribution in [0.25, 0.3) is 0 Å². The average molecular weight is 259 g/mol. The second-order valence-corrected chi connectivity index (χ2v) is 6.13. The Hall–Kier alpha value is -1.02. The van der Waals surface area contributed by atoms with E-state index in [0.29, 0.717) is 6.04 Å². The number of hydrogen-bond donors (Lipinski definition) is 1. The summed E-state index contributed by atoms with van der Waals surface area (Å²) in [6.07, 6.45) is 4.90. The number of aryl methyl sites for hydroxylation is 1. The molecule has 0 aromatic heterocycles. The second-order valence-electron chi connectivity index (χ2n) is 6.13. The summed E-state index contributed by atoms with van der Waals surface area (Å²) in [5, 5.41) is 3.74. The third kappa shape index (κ3) is 2.79.